The van der Waals surface area contributed by atoms with E-state index in [1.54, 1.807) is 42.6 Å². The van der Waals surface area contributed by atoms with Crippen molar-refractivity contribution in [1.82, 2.24) is 4.98 Å². The second-order valence-electron chi connectivity index (χ2n) is 4.96. The highest BCUT2D eigenvalue weighted by Crippen LogP contribution is 2.29. The summed E-state index contributed by atoms with van der Waals surface area (Å²) in [6.07, 6.45) is 1.81. The molecule has 0 aliphatic rings. The Morgan fingerprint density at radius 1 is 1.21 bits per heavy atom. The maximum atomic E-state index is 13.8. The van der Waals surface area contributed by atoms with Crippen LogP contribution in [0.15, 0.2) is 59.6 Å². The number of nitriles is 1. The van der Waals surface area contributed by atoms with Crippen LogP contribution in [0.3, 0.4) is 0 Å². The molecule has 0 aliphatic heterocycles. The first kappa shape index (κ1) is 16.0. The third kappa shape index (κ3) is 3.36. The summed E-state index contributed by atoms with van der Waals surface area (Å²) in [5, 5.41) is 8.99. The number of aromatic nitrogens is 1. The molecule has 3 aromatic rings. The quantitative estimate of drug-likeness (QED) is 0.654. The number of hydrogen-bond donors (Lipinski definition) is 2. The van der Waals surface area contributed by atoms with E-state index in [1.807, 2.05) is 6.07 Å². The van der Waals surface area contributed by atoms with Crippen molar-refractivity contribution in [3.63, 3.8) is 0 Å². The molecule has 6 heteroatoms. The number of halogens is 1. The van der Waals surface area contributed by atoms with Crippen LogP contribution < -0.4 is 9.46 Å². The van der Waals surface area contributed by atoms with Crippen LogP contribution in [-0.2, 0) is 0 Å². The summed E-state index contributed by atoms with van der Waals surface area (Å²) in [7, 11) is 1.53. The SMILES string of the molecule is COc1cc(NSc2c[nH]c(-c3ccccc3F)c2)ccc1C#N. The molecule has 0 saturated heterocycles. The number of methoxy groups -OCH3 is 1. The average molecular weight is 339 g/mol. The van der Waals surface area contributed by atoms with Crippen LogP contribution in [-0.4, -0.2) is 12.1 Å². The van der Waals surface area contributed by atoms with Gasteiger partial charge in [-0.15, -0.1) is 0 Å². The molecule has 24 heavy (non-hydrogen) atoms. The standard InChI is InChI=1S/C18H14FN3OS/c1-23-18-8-13(7-6-12(18)10-20)22-24-14-9-17(21-11-14)15-4-2-3-5-16(15)19/h2-9,11,21-22H,1H3. The highest BCUT2D eigenvalue weighted by molar-refractivity contribution is 8.00. The molecule has 3 rings (SSSR count). The van der Waals surface area contributed by atoms with Gasteiger partial charge in [-0.2, -0.15) is 5.26 Å². The van der Waals surface area contributed by atoms with Crippen molar-refractivity contribution in [2.45, 2.75) is 4.90 Å². The summed E-state index contributed by atoms with van der Waals surface area (Å²) in [5.74, 6) is 0.255. The van der Waals surface area contributed by atoms with E-state index in [1.165, 1.54) is 25.1 Å². The van der Waals surface area contributed by atoms with Crippen LogP contribution >= 0.6 is 11.9 Å². The predicted molar refractivity (Wildman–Crippen MR) is 93.4 cm³/mol. The molecule has 2 aromatic carbocycles. The molecule has 4 nitrogen and oxygen atoms in total. The zero-order chi connectivity index (χ0) is 16.9. The third-order valence-electron chi connectivity index (χ3n) is 3.43. The minimum atomic E-state index is -0.263. The second-order valence-corrected chi connectivity index (χ2v) is 5.84. The largest absolute Gasteiger partial charge is 0.495 e. The number of nitrogens with zero attached hydrogens (tertiary/aromatic N) is 1. The molecule has 2 N–H and O–H groups in total. The van der Waals surface area contributed by atoms with Crippen LogP contribution in [0.1, 0.15) is 5.56 Å². The van der Waals surface area contributed by atoms with Gasteiger partial charge in [0, 0.05) is 34.1 Å². The number of benzene rings is 2. The molecular formula is C18H14FN3OS. The van der Waals surface area contributed by atoms with Crippen molar-refractivity contribution < 1.29 is 9.13 Å². The van der Waals surface area contributed by atoms with E-state index >= 15 is 0 Å². The highest BCUT2D eigenvalue weighted by Gasteiger charge is 2.08. The number of H-pyrrole nitrogens is 1. The lowest BCUT2D eigenvalue weighted by Gasteiger charge is -2.07. The molecule has 1 aromatic heterocycles. The van der Waals surface area contributed by atoms with Crippen LogP contribution in [0, 0.1) is 17.1 Å². The molecule has 0 atom stereocenters. The van der Waals surface area contributed by atoms with Crippen molar-refractivity contribution in [3.8, 4) is 23.1 Å². The van der Waals surface area contributed by atoms with Crippen molar-refractivity contribution in [1.29, 1.82) is 5.26 Å². The van der Waals surface area contributed by atoms with Gasteiger partial charge in [-0.05, 0) is 42.3 Å². The van der Waals surface area contributed by atoms with Gasteiger partial charge >= 0.3 is 0 Å². The second kappa shape index (κ2) is 7.11. The number of anilines is 1. The fraction of sp³-hybridized carbons (Fsp3) is 0.0556. The van der Waals surface area contributed by atoms with Crippen LogP contribution in [0.25, 0.3) is 11.3 Å². The summed E-state index contributed by atoms with van der Waals surface area (Å²) in [4.78, 5) is 3.98. The van der Waals surface area contributed by atoms with Gasteiger partial charge in [-0.3, -0.25) is 0 Å². The number of rotatable bonds is 5. The van der Waals surface area contributed by atoms with Gasteiger partial charge in [0.25, 0.3) is 0 Å². The van der Waals surface area contributed by atoms with Gasteiger partial charge in [0.05, 0.1) is 12.7 Å². The van der Waals surface area contributed by atoms with Crippen LogP contribution in [0.4, 0.5) is 10.1 Å². The Morgan fingerprint density at radius 3 is 2.79 bits per heavy atom. The minimum absolute atomic E-state index is 0.263. The van der Waals surface area contributed by atoms with Gasteiger partial charge in [-0.25, -0.2) is 4.39 Å². The zero-order valence-corrected chi connectivity index (χ0v) is 13.7. The van der Waals surface area contributed by atoms with Crippen molar-refractivity contribution >= 4 is 17.6 Å². The summed E-state index contributed by atoms with van der Waals surface area (Å²) in [6, 6.07) is 15.8. The molecule has 0 fully saturated rings. The number of ether oxygens (including phenoxy) is 1. The van der Waals surface area contributed by atoms with Crippen LogP contribution in [0.2, 0.25) is 0 Å². The van der Waals surface area contributed by atoms with E-state index in [0.29, 0.717) is 16.9 Å². The molecule has 1 heterocycles. The van der Waals surface area contributed by atoms with Crippen molar-refractivity contribution in [2.75, 3.05) is 11.8 Å². The van der Waals surface area contributed by atoms with Gasteiger partial charge < -0.3 is 14.4 Å². The Morgan fingerprint density at radius 2 is 2.04 bits per heavy atom. The maximum Gasteiger partial charge on any atom is 0.138 e. The minimum Gasteiger partial charge on any atom is -0.495 e. The molecule has 0 unspecified atom stereocenters. The van der Waals surface area contributed by atoms with Crippen molar-refractivity contribution in [3.05, 3.63) is 66.1 Å². The molecule has 0 aliphatic carbocycles. The Labute approximate surface area is 143 Å². The smallest absolute Gasteiger partial charge is 0.138 e. The molecule has 0 amide bonds. The third-order valence-corrected chi connectivity index (χ3v) is 4.24. The number of hydrogen-bond acceptors (Lipinski definition) is 4. The fourth-order valence-electron chi connectivity index (χ4n) is 2.23. The first-order valence-electron chi connectivity index (χ1n) is 7.15. The maximum absolute atomic E-state index is 13.8. The molecule has 0 saturated carbocycles. The molecular weight excluding hydrogens is 325 g/mol. The Kier molecular flexibility index (Phi) is 4.73. The molecule has 120 valence electrons. The van der Waals surface area contributed by atoms with Gasteiger partial charge in [0.15, 0.2) is 0 Å². The van der Waals surface area contributed by atoms with Gasteiger partial charge in [0.2, 0.25) is 0 Å². The Bertz CT molecular complexity index is 901. The van der Waals surface area contributed by atoms with Crippen LogP contribution in [0.5, 0.6) is 5.75 Å². The van der Waals surface area contributed by atoms with E-state index in [2.05, 4.69) is 15.8 Å². The van der Waals surface area contributed by atoms with E-state index in [9.17, 15) is 4.39 Å². The van der Waals surface area contributed by atoms with Crippen molar-refractivity contribution in [2.24, 2.45) is 0 Å². The normalized spacial score (nSPS) is 10.2. The first-order valence-corrected chi connectivity index (χ1v) is 7.97. The van der Waals surface area contributed by atoms with E-state index < -0.39 is 0 Å². The van der Waals surface area contributed by atoms with Gasteiger partial charge in [0.1, 0.15) is 17.6 Å². The lowest BCUT2D eigenvalue weighted by atomic mass is 10.1. The molecule has 0 bridgehead atoms. The van der Waals surface area contributed by atoms with E-state index in [-0.39, 0.29) is 5.82 Å². The summed E-state index contributed by atoms with van der Waals surface area (Å²) in [5.41, 5.74) is 2.54. The zero-order valence-electron chi connectivity index (χ0n) is 12.8. The summed E-state index contributed by atoms with van der Waals surface area (Å²) in [6.45, 7) is 0. The number of aromatic amines is 1. The lowest BCUT2D eigenvalue weighted by Crippen LogP contribution is -1.91. The number of nitrogens with one attached hydrogen (secondary N) is 2. The summed E-state index contributed by atoms with van der Waals surface area (Å²) >= 11 is 1.39. The lowest BCUT2D eigenvalue weighted by molar-refractivity contribution is 0.414. The Balaban J connectivity index is 1.72. The fourth-order valence-corrected chi connectivity index (χ4v) is 2.89. The highest BCUT2D eigenvalue weighted by atomic mass is 32.2. The summed E-state index contributed by atoms with van der Waals surface area (Å²) < 4.78 is 22.2. The van der Waals surface area contributed by atoms with E-state index in [4.69, 9.17) is 10.00 Å². The molecule has 0 spiro atoms. The molecule has 0 radical (unpaired) electrons. The Hall–Kier alpha value is -2.91. The predicted octanol–water partition coefficient (Wildman–Crippen LogP) is 4.82. The average Bonchev–Trinajstić information content (AvgIpc) is 3.08. The topological polar surface area (TPSA) is 60.8 Å². The van der Waals surface area contributed by atoms with E-state index in [0.717, 1.165) is 16.3 Å². The monoisotopic (exact) mass is 339 g/mol. The van der Waals surface area contributed by atoms with Gasteiger partial charge in [-0.1, -0.05) is 12.1 Å². The first-order chi connectivity index (χ1) is 11.7.